The highest BCUT2D eigenvalue weighted by Crippen LogP contribution is 2.30. The van der Waals surface area contributed by atoms with Gasteiger partial charge in [-0.25, -0.2) is 0 Å². The topological polar surface area (TPSA) is 41.1 Å². The molecule has 1 heterocycles. The van der Waals surface area contributed by atoms with Crippen LogP contribution in [0.3, 0.4) is 0 Å². The summed E-state index contributed by atoms with van der Waals surface area (Å²) < 4.78 is 1.15. The van der Waals surface area contributed by atoms with E-state index in [9.17, 15) is 4.79 Å². The average Bonchev–Trinajstić information content (AvgIpc) is 3.22. The van der Waals surface area contributed by atoms with Gasteiger partial charge in [-0.3, -0.25) is 4.79 Å². The molecule has 1 aliphatic rings. The Hall–Kier alpha value is -1.33. The number of amides is 1. The third-order valence-electron chi connectivity index (χ3n) is 3.22. The monoisotopic (exact) mass is 350 g/mol. The number of thiophene rings is 1. The standard InChI is InChI=1S/C15H15BrN2OS/c16-14-7-10(9-20-14)8-17-12-3-5-13(6-4-12)18-15(19)11-1-2-11/h3-7,9,11,17H,1-2,8H2,(H,18,19). The zero-order chi connectivity index (χ0) is 13.9. The van der Waals surface area contributed by atoms with Gasteiger partial charge in [0.2, 0.25) is 5.91 Å². The Morgan fingerprint density at radius 3 is 2.55 bits per heavy atom. The van der Waals surface area contributed by atoms with E-state index in [-0.39, 0.29) is 11.8 Å². The fourth-order valence-electron chi connectivity index (χ4n) is 1.90. The second kappa shape index (κ2) is 5.97. The van der Waals surface area contributed by atoms with Crippen molar-refractivity contribution >= 4 is 44.5 Å². The van der Waals surface area contributed by atoms with E-state index in [0.29, 0.717) is 0 Å². The Morgan fingerprint density at radius 2 is 1.95 bits per heavy atom. The highest BCUT2D eigenvalue weighted by Gasteiger charge is 2.29. The lowest BCUT2D eigenvalue weighted by atomic mass is 10.2. The van der Waals surface area contributed by atoms with Crippen molar-refractivity contribution in [2.45, 2.75) is 19.4 Å². The van der Waals surface area contributed by atoms with Gasteiger partial charge in [-0.15, -0.1) is 11.3 Å². The maximum atomic E-state index is 11.6. The average molecular weight is 351 g/mol. The van der Waals surface area contributed by atoms with Crippen LogP contribution in [0.2, 0.25) is 0 Å². The Bertz CT molecular complexity index is 605. The van der Waals surface area contributed by atoms with Gasteiger partial charge in [0.1, 0.15) is 0 Å². The first-order valence-electron chi connectivity index (χ1n) is 6.58. The smallest absolute Gasteiger partial charge is 0.227 e. The summed E-state index contributed by atoms with van der Waals surface area (Å²) in [5.74, 6) is 0.388. The molecule has 3 rings (SSSR count). The lowest BCUT2D eigenvalue weighted by Gasteiger charge is -2.07. The Kier molecular flexibility index (Phi) is 4.08. The fraction of sp³-hybridized carbons (Fsp3) is 0.267. The number of halogens is 1. The van der Waals surface area contributed by atoms with Crippen molar-refractivity contribution in [1.29, 1.82) is 0 Å². The molecule has 0 aliphatic heterocycles. The van der Waals surface area contributed by atoms with Crippen LogP contribution in [0.15, 0.2) is 39.5 Å². The summed E-state index contributed by atoms with van der Waals surface area (Å²) >= 11 is 5.14. The molecule has 20 heavy (non-hydrogen) atoms. The summed E-state index contributed by atoms with van der Waals surface area (Å²) in [6.45, 7) is 0.801. The molecule has 1 saturated carbocycles. The molecular weight excluding hydrogens is 336 g/mol. The molecule has 0 saturated heterocycles. The first kappa shape index (κ1) is 13.6. The first-order chi connectivity index (χ1) is 9.70. The molecule has 1 fully saturated rings. The first-order valence-corrected chi connectivity index (χ1v) is 8.26. The van der Waals surface area contributed by atoms with Crippen molar-refractivity contribution in [3.63, 3.8) is 0 Å². The lowest BCUT2D eigenvalue weighted by Crippen LogP contribution is -2.13. The minimum Gasteiger partial charge on any atom is -0.381 e. The van der Waals surface area contributed by atoms with Crippen LogP contribution in [0.25, 0.3) is 0 Å². The summed E-state index contributed by atoms with van der Waals surface area (Å²) in [5.41, 5.74) is 3.18. The minimum absolute atomic E-state index is 0.147. The van der Waals surface area contributed by atoms with Crippen LogP contribution in [0.4, 0.5) is 11.4 Å². The molecule has 5 heteroatoms. The third-order valence-corrected chi connectivity index (χ3v) is 4.77. The predicted molar refractivity (Wildman–Crippen MR) is 87.1 cm³/mol. The van der Waals surface area contributed by atoms with Gasteiger partial charge < -0.3 is 10.6 Å². The van der Waals surface area contributed by atoms with E-state index in [1.165, 1.54) is 5.56 Å². The van der Waals surface area contributed by atoms with E-state index < -0.39 is 0 Å². The van der Waals surface area contributed by atoms with E-state index in [1.54, 1.807) is 11.3 Å². The molecule has 1 amide bonds. The van der Waals surface area contributed by atoms with Crippen molar-refractivity contribution in [1.82, 2.24) is 0 Å². The molecule has 0 unspecified atom stereocenters. The molecule has 1 aromatic carbocycles. The van der Waals surface area contributed by atoms with Gasteiger partial charge in [0.15, 0.2) is 0 Å². The Morgan fingerprint density at radius 1 is 1.25 bits per heavy atom. The van der Waals surface area contributed by atoms with Gasteiger partial charge in [0.25, 0.3) is 0 Å². The van der Waals surface area contributed by atoms with Crippen molar-refractivity contribution in [3.05, 3.63) is 45.1 Å². The molecule has 3 nitrogen and oxygen atoms in total. The highest BCUT2D eigenvalue weighted by molar-refractivity contribution is 9.11. The maximum absolute atomic E-state index is 11.6. The second-order valence-electron chi connectivity index (χ2n) is 4.95. The molecule has 1 aromatic heterocycles. The van der Waals surface area contributed by atoms with Gasteiger partial charge in [-0.2, -0.15) is 0 Å². The number of benzene rings is 1. The van der Waals surface area contributed by atoms with Crippen molar-refractivity contribution < 1.29 is 4.79 Å². The molecule has 0 atom stereocenters. The highest BCUT2D eigenvalue weighted by atomic mass is 79.9. The summed E-state index contributed by atoms with van der Waals surface area (Å²) in [6, 6.07) is 9.97. The summed E-state index contributed by atoms with van der Waals surface area (Å²) in [5, 5.41) is 8.43. The molecule has 0 bridgehead atoms. The largest absolute Gasteiger partial charge is 0.381 e. The van der Waals surface area contributed by atoms with Gasteiger partial charge in [0.05, 0.1) is 3.79 Å². The summed E-state index contributed by atoms with van der Waals surface area (Å²) in [6.07, 6.45) is 2.06. The number of carbonyl (C=O) groups is 1. The fourth-order valence-corrected chi connectivity index (χ4v) is 3.11. The molecular formula is C15H15BrN2OS. The molecule has 104 valence electrons. The van der Waals surface area contributed by atoms with E-state index >= 15 is 0 Å². The zero-order valence-electron chi connectivity index (χ0n) is 10.9. The summed E-state index contributed by atoms with van der Waals surface area (Å²) in [4.78, 5) is 11.6. The number of rotatable bonds is 5. The van der Waals surface area contributed by atoms with E-state index in [4.69, 9.17) is 0 Å². The minimum atomic E-state index is 0.147. The van der Waals surface area contributed by atoms with E-state index in [2.05, 4.69) is 38.0 Å². The Balaban J connectivity index is 1.54. The number of hydrogen-bond donors (Lipinski definition) is 2. The second-order valence-corrected chi connectivity index (χ2v) is 7.24. The van der Waals surface area contributed by atoms with Crippen LogP contribution in [0.1, 0.15) is 18.4 Å². The van der Waals surface area contributed by atoms with Gasteiger partial charge >= 0.3 is 0 Å². The number of hydrogen-bond acceptors (Lipinski definition) is 3. The van der Waals surface area contributed by atoms with Crippen LogP contribution in [0.5, 0.6) is 0 Å². The van der Waals surface area contributed by atoms with Crippen LogP contribution in [-0.4, -0.2) is 5.91 Å². The van der Waals surface area contributed by atoms with Crippen LogP contribution < -0.4 is 10.6 Å². The third kappa shape index (κ3) is 3.61. The van der Waals surface area contributed by atoms with E-state index in [1.807, 2.05) is 24.3 Å². The SMILES string of the molecule is O=C(Nc1ccc(NCc2csc(Br)c2)cc1)C1CC1. The lowest BCUT2D eigenvalue weighted by molar-refractivity contribution is -0.117. The molecule has 0 radical (unpaired) electrons. The van der Waals surface area contributed by atoms with Gasteiger partial charge in [-0.05, 0) is 70.0 Å². The van der Waals surface area contributed by atoms with Crippen molar-refractivity contribution in [2.24, 2.45) is 5.92 Å². The molecule has 0 spiro atoms. The molecule has 1 aliphatic carbocycles. The van der Waals surface area contributed by atoms with Gasteiger partial charge in [-0.1, -0.05) is 0 Å². The van der Waals surface area contributed by atoms with Crippen molar-refractivity contribution in [3.8, 4) is 0 Å². The van der Waals surface area contributed by atoms with Crippen LogP contribution in [0, 0.1) is 5.92 Å². The summed E-state index contributed by atoms with van der Waals surface area (Å²) in [7, 11) is 0. The van der Waals surface area contributed by atoms with E-state index in [0.717, 1.165) is 34.5 Å². The predicted octanol–water partition coefficient (Wildman–Crippen LogP) is 4.47. The quantitative estimate of drug-likeness (QED) is 0.834. The maximum Gasteiger partial charge on any atom is 0.227 e. The number of carbonyl (C=O) groups excluding carboxylic acids is 1. The van der Waals surface area contributed by atoms with Crippen LogP contribution >= 0.6 is 27.3 Å². The number of nitrogens with one attached hydrogen (secondary N) is 2. The Labute approximate surface area is 130 Å². The van der Waals surface area contributed by atoms with Gasteiger partial charge in [0, 0.05) is 23.8 Å². The normalized spacial score (nSPS) is 14.1. The molecule has 2 aromatic rings. The zero-order valence-corrected chi connectivity index (χ0v) is 13.3. The number of anilines is 2. The molecule has 2 N–H and O–H groups in total. The van der Waals surface area contributed by atoms with Crippen molar-refractivity contribution in [2.75, 3.05) is 10.6 Å². The van der Waals surface area contributed by atoms with Crippen LogP contribution in [-0.2, 0) is 11.3 Å².